The maximum absolute atomic E-state index is 13.4. The molecule has 0 saturated carbocycles. The fourth-order valence-electron chi connectivity index (χ4n) is 5.80. The molecule has 302 valence electrons. The molecule has 1 aliphatic rings. The summed E-state index contributed by atoms with van der Waals surface area (Å²) in [6, 6.07) is 7.68. The maximum Gasteiger partial charge on any atom is 0.408 e. The van der Waals surface area contributed by atoms with Gasteiger partial charge in [-0.3, -0.25) is 38.3 Å². The van der Waals surface area contributed by atoms with E-state index in [9.17, 15) is 38.4 Å². The molecule has 19 nitrogen and oxygen atoms in total. The van der Waals surface area contributed by atoms with E-state index >= 15 is 0 Å². The van der Waals surface area contributed by atoms with Gasteiger partial charge in [0.2, 0.25) is 5.91 Å². The van der Waals surface area contributed by atoms with Crippen LogP contribution in [-0.4, -0.2) is 102 Å². The Hall–Kier alpha value is -5.56. The van der Waals surface area contributed by atoms with Gasteiger partial charge in [-0.25, -0.2) is 9.59 Å². The monoisotopic (exact) mass is 775 g/mol. The third-order valence-electron chi connectivity index (χ3n) is 8.00. The number of esters is 4. The van der Waals surface area contributed by atoms with E-state index < -0.39 is 89.9 Å². The number of H-pyrrole nitrogens is 1. The maximum atomic E-state index is 13.4. The summed E-state index contributed by atoms with van der Waals surface area (Å²) in [6.07, 6.45) is -6.90. The highest BCUT2D eigenvalue weighted by Crippen LogP contribution is 2.36. The second-order valence-corrected chi connectivity index (χ2v) is 12.9. The Kier molecular flexibility index (Phi) is 17.0. The van der Waals surface area contributed by atoms with Crippen LogP contribution in [0, 0.1) is 5.92 Å². The van der Waals surface area contributed by atoms with Crippen molar-refractivity contribution >= 4 is 35.9 Å². The van der Waals surface area contributed by atoms with Gasteiger partial charge in [0.05, 0.1) is 6.61 Å². The predicted octanol–water partition coefficient (Wildman–Crippen LogP) is 0.598. The normalized spacial score (nSPS) is 19.3. The summed E-state index contributed by atoms with van der Waals surface area (Å²) in [5, 5.41) is 8.32. The van der Waals surface area contributed by atoms with Crippen LogP contribution in [0.15, 0.2) is 52.2 Å². The molecule has 1 aliphatic heterocycles. The highest BCUT2D eigenvalue weighted by Gasteiger charge is 2.56. The van der Waals surface area contributed by atoms with E-state index in [-0.39, 0.29) is 38.6 Å². The largest absolute Gasteiger partial charge is 0.465 e. The van der Waals surface area contributed by atoms with Crippen LogP contribution in [0.25, 0.3) is 0 Å². The first kappa shape index (κ1) is 43.8. The Morgan fingerprint density at radius 2 is 1.56 bits per heavy atom. The van der Waals surface area contributed by atoms with Crippen LogP contribution in [0.1, 0.15) is 66.2 Å². The first-order valence-corrected chi connectivity index (χ1v) is 17.7. The van der Waals surface area contributed by atoms with Crippen LogP contribution in [0.5, 0.6) is 0 Å². The van der Waals surface area contributed by atoms with Gasteiger partial charge < -0.3 is 44.4 Å². The van der Waals surface area contributed by atoms with Crippen LogP contribution in [0.2, 0.25) is 0 Å². The summed E-state index contributed by atoms with van der Waals surface area (Å²) in [4.78, 5) is 103. The van der Waals surface area contributed by atoms with E-state index in [0.717, 1.165) is 43.2 Å². The molecule has 0 aliphatic carbocycles. The summed E-state index contributed by atoms with van der Waals surface area (Å²) < 4.78 is 34.1. The quantitative estimate of drug-likeness (QED) is 0.0867. The number of carbonyl (C=O) groups excluding carboxylic acids is 6. The number of aromatic amines is 1. The van der Waals surface area contributed by atoms with E-state index in [4.69, 9.17) is 28.4 Å². The standard InChI is InChI=1S/C36H49N5O14/c1-7-50-34(47)27(37-15-11-16-38-32(46)25(18-20(2)3)39-36(49)51-19-24-12-9-8-10-13-24)28(52-21(4)42)29-30(53-22(5)43)31(54-23(6)44)33(55-29)41-17-14-26(45)40-35(41)48/h8-10,12-14,17,20,25,27-31,33,37H,7,11,15-16,18-19H2,1-6H3,(H,38,46)(H,39,49)(H,40,45,48)/t25-,27?,28+,29+,30+,31+,33-/m0/s1. The minimum absolute atomic E-state index is 0.0179. The van der Waals surface area contributed by atoms with Crippen molar-refractivity contribution in [2.75, 3.05) is 19.7 Å². The number of ether oxygens (including phenoxy) is 6. The van der Waals surface area contributed by atoms with Gasteiger partial charge in [0.1, 0.15) is 24.8 Å². The molecule has 2 heterocycles. The molecular weight excluding hydrogens is 726 g/mol. The van der Waals surface area contributed by atoms with Crippen LogP contribution < -0.4 is 27.2 Å². The van der Waals surface area contributed by atoms with Gasteiger partial charge in [0.25, 0.3) is 5.56 Å². The molecule has 0 bridgehead atoms. The molecule has 1 fully saturated rings. The summed E-state index contributed by atoms with van der Waals surface area (Å²) in [5.74, 6) is -3.90. The van der Waals surface area contributed by atoms with Crippen molar-refractivity contribution in [1.29, 1.82) is 0 Å². The number of hydrogen-bond acceptors (Lipinski definition) is 15. The lowest BCUT2D eigenvalue weighted by Crippen LogP contribution is -2.57. The Labute approximate surface area is 316 Å². The van der Waals surface area contributed by atoms with Gasteiger partial charge in [-0.05, 0) is 37.8 Å². The minimum Gasteiger partial charge on any atom is -0.465 e. The van der Waals surface area contributed by atoms with Crippen molar-refractivity contribution in [3.8, 4) is 0 Å². The SMILES string of the molecule is CCOC(=O)C(NCCCNC(=O)[C@H](CC(C)C)NC(=O)OCc1ccccc1)[C@@H](OC(C)=O)[C@H]1O[C@H](n2ccc(=O)[nH]c2=O)[C@H](OC(C)=O)[C@@H]1OC(C)=O. The van der Waals surface area contributed by atoms with Crippen LogP contribution in [0.4, 0.5) is 4.79 Å². The molecule has 1 saturated heterocycles. The fourth-order valence-corrected chi connectivity index (χ4v) is 5.80. The van der Waals surface area contributed by atoms with Crippen molar-refractivity contribution in [1.82, 2.24) is 25.5 Å². The van der Waals surface area contributed by atoms with Crippen molar-refractivity contribution in [2.24, 2.45) is 5.92 Å². The zero-order valence-electron chi connectivity index (χ0n) is 31.6. The van der Waals surface area contributed by atoms with E-state index in [2.05, 4.69) is 20.9 Å². The van der Waals surface area contributed by atoms with Crippen molar-refractivity contribution < 1.29 is 57.2 Å². The van der Waals surface area contributed by atoms with E-state index in [1.807, 2.05) is 32.0 Å². The summed E-state index contributed by atoms with van der Waals surface area (Å²) in [5.41, 5.74) is -0.912. The van der Waals surface area contributed by atoms with E-state index in [1.54, 1.807) is 19.1 Å². The Balaban J connectivity index is 1.79. The lowest BCUT2D eigenvalue weighted by Gasteiger charge is -2.32. The van der Waals surface area contributed by atoms with Crippen molar-refractivity contribution in [3.05, 3.63) is 69.0 Å². The summed E-state index contributed by atoms with van der Waals surface area (Å²) in [7, 11) is 0. The molecule has 3 rings (SSSR count). The Bertz CT molecular complexity index is 1750. The second-order valence-electron chi connectivity index (χ2n) is 12.9. The summed E-state index contributed by atoms with van der Waals surface area (Å²) in [6.45, 7) is 8.57. The van der Waals surface area contributed by atoms with Crippen molar-refractivity contribution in [2.45, 2.75) is 104 Å². The Morgan fingerprint density at radius 3 is 2.16 bits per heavy atom. The molecule has 1 aromatic heterocycles. The highest BCUT2D eigenvalue weighted by molar-refractivity contribution is 5.85. The Morgan fingerprint density at radius 1 is 0.891 bits per heavy atom. The van der Waals surface area contributed by atoms with Gasteiger partial charge in [-0.2, -0.15) is 0 Å². The van der Waals surface area contributed by atoms with Gasteiger partial charge in [0, 0.05) is 39.6 Å². The van der Waals surface area contributed by atoms with Gasteiger partial charge >= 0.3 is 35.7 Å². The average molecular weight is 776 g/mol. The van der Waals surface area contributed by atoms with E-state index in [1.165, 1.54) is 0 Å². The zero-order chi connectivity index (χ0) is 40.7. The average Bonchev–Trinajstić information content (AvgIpc) is 3.43. The first-order chi connectivity index (χ1) is 26.1. The molecule has 55 heavy (non-hydrogen) atoms. The molecule has 7 atom stereocenters. The lowest BCUT2D eigenvalue weighted by molar-refractivity contribution is -0.176. The molecule has 0 spiro atoms. The fraction of sp³-hybridized carbons (Fsp3) is 0.556. The third kappa shape index (κ3) is 13.7. The molecule has 2 aromatic rings. The molecule has 1 unspecified atom stereocenters. The number of alkyl carbamates (subject to hydrolysis) is 1. The number of hydrogen-bond donors (Lipinski definition) is 4. The number of nitrogens with one attached hydrogen (secondary N) is 4. The minimum atomic E-state index is -1.61. The highest BCUT2D eigenvalue weighted by atomic mass is 16.7. The van der Waals surface area contributed by atoms with Crippen LogP contribution >= 0.6 is 0 Å². The number of benzene rings is 1. The lowest BCUT2D eigenvalue weighted by atomic mass is 9.98. The number of carbonyl (C=O) groups is 6. The van der Waals surface area contributed by atoms with E-state index in [0.29, 0.717) is 6.42 Å². The molecular formula is C36H49N5O14. The van der Waals surface area contributed by atoms with Gasteiger partial charge in [-0.1, -0.05) is 44.2 Å². The number of aromatic nitrogens is 2. The molecule has 1 aromatic carbocycles. The van der Waals surface area contributed by atoms with Crippen LogP contribution in [-0.2, 0) is 59.0 Å². The molecule has 4 N–H and O–H groups in total. The number of nitrogens with zero attached hydrogens (tertiary/aromatic N) is 1. The van der Waals surface area contributed by atoms with Crippen molar-refractivity contribution in [3.63, 3.8) is 0 Å². The second kappa shape index (κ2) is 21.4. The van der Waals surface area contributed by atoms with Crippen LogP contribution in [0.3, 0.4) is 0 Å². The zero-order valence-corrected chi connectivity index (χ0v) is 31.6. The first-order valence-electron chi connectivity index (χ1n) is 17.7. The predicted molar refractivity (Wildman–Crippen MR) is 191 cm³/mol. The van der Waals surface area contributed by atoms with Gasteiger partial charge in [-0.15, -0.1) is 0 Å². The number of amides is 2. The third-order valence-corrected chi connectivity index (χ3v) is 8.00. The molecule has 0 radical (unpaired) electrons. The summed E-state index contributed by atoms with van der Waals surface area (Å²) >= 11 is 0. The topological polar surface area (TPSA) is 249 Å². The molecule has 19 heteroatoms. The smallest absolute Gasteiger partial charge is 0.408 e. The number of rotatable bonds is 19. The van der Waals surface area contributed by atoms with Gasteiger partial charge in [0.15, 0.2) is 24.5 Å². The molecule has 2 amide bonds.